The Kier molecular flexibility index (Phi) is 3.86. The highest BCUT2D eigenvalue weighted by molar-refractivity contribution is 5.30. The van der Waals surface area contributed by atoms with Gasteiger partial charge in [0.2, 0.25) is 5.95 Å². The lowest BCUT2D eigenvalue weighted by atomic mass is 10.2. The van der Waals surface area contributed by atoms with Gasteiger partial charge in [0.1, 0.15) is 0 Å². The van der Waals surface area contributed by atoms with Crippen molar-refractivity contribution in [1.29, 1.82) is 5.26 Å². The summed E-state index contributed by atoms with van der Waals surface area (Å²) in [5, 5.41) is 15.9. The lowest BCUT2D eigenvalue weighted by Crippen LogP contribution is -2.13. The minimum atomic E-state index is 0.308. The second-order valence-corrected chi connectivity index (χ2v) is 3.85. The molecule has 0 aliphatic heterocycles. The molecule has 2 aromatic heterocycles. The number of nitrogens with zero attached hydrogens (tertiary/aromatic N) is 5. The minimum absolute atomic E-state index is 0.308. The Labute approximate surface area is 105 Å². The van der Waals surface area contributed by atoms with Crippen molar-refractivity contribution < 1.29 is 0 Å². The fraction of sp³-hybridized carbons (Fsp3) is 0.333. The fourth-order valence-electron chi connectivity index (χ4n) is 1.53. The van der Waals surface area contributed by atoms with Gasteiger partial charge in [-0.15, -0.1) is 0 Å². The lowest BCUT2D eigenvalue weighted by Gasteiger charge is -2.07. The second kappa shape index (κ2) is 5.77. The predicted octanol–water partition coefficient (Wildman–Crippen LogP) is 1.16. The molecule has 0 aromatic carbocycles. The van der Waals surface area contributed by atoms with E-state index in [0.29, 0.717) is 18.9 Å². The van der Waals surface area contributed by atoms with E-state index in [2.05, 4.69) is 26.5 Å². The van der Waals surface area contributed by atoms with Crippen LogP contribution in [0.5, 0.6) is 0 Å². The number of hydrogen-bond acceptors (Lipinski definition) is 5. The third-order valence-corrected chi connectivity index (χ3v) is 2.51. The van der Waals surface area contributed by atoms with Crippen LogP contribution in [0.25, 0.3) is 0 Å². The summed E-state index contributed by atoms with van der Waals surface area (Å²) < 4.78 is 1.83. The van der Waals surface area contributed by atoms with Crippen molar-refractivity contribution in [1.82, 2.24) is 19.7 Å². The number of nitrogens with one attached hydrogen (secondary N) is 1. The van der Waals surface area contributed by atoms with Crippen LogP contribution < -0.4 is 5.32 Å². The molecular formula is C12H14N6. The van der Waals surface area contributed by atoms with Crippen LogP contribution in [-0.2, 0) is 13.0 Å². The molecule has 0 fully saturated rings. The van der Waals surface area contributed by atoms with Crippen molar-refractivity contribution in [2.24, 2.45) is 0 Å². The van der Waals surface area contributed by atoms with Gasteiger partial charge < -0.3 is 5.32 Å². The van der Waals surface area contributed by atoms with E-state index in [1.807, 2.05) is 23.9 Å². The molecule has 0 saturated heterocycles. The fourth-order valence-corrected chi connectivity index (χ4v) is 1.53. The normalized spacial score (nSPS) is 10.0. The van der Waals surface area contributed by atoms with Crippen LogP contribution in [0.3, 0.4) is 0 Å². The molecule has 0 unspecified atom stereocenters. The average molecular weight is 242 g/mol. The molecular weight excluding hydrogens is 228 g/mol. The first-order chi connectivity index (χ1) is 8.79. The molecule has 0 aliphatic carbocycles. The Balaban J connectivity index is 1.93. The number of nitriles is 1. The van der Waals surface area contributed by atoms with Gasteiger partial charge in [-0.2, -0.15) is 10.4 Å². The molecule has 2 heterocycles. The number of anilines is 1. The zero-order valence-electron chi connectivity index (χ0n) is 10.2. The van der Waals surface area contributed by atoms with Crippen LogP contribution in [0.2, 0.25) is 0 Å². The van der Waals surface area contributed by atoms with Gasteiger partial charge in [-0.3, -0.25) is 4.68 Å². The van der Waals surface area contributed by atoms with Crippen molar-refractivity contribution in [3.05, 3.63) is 35.9 Å². The lowest BCUT2D eigenvalue weighted by molar-refractivity contribution is 0.636. The van der Waals surface area contributed by atoms with Crippen molar-refractivity contribution in [2.75, 3.05) is 11.9 Å². The summed E-state index contributed by atoms with van der Waals surface area (Å²) in [7, 11) is 0. The van der Waals surface area contributed by atoms with Gasteiger partial charge in [-0.05, 0) is 18.6 Å². The van der Waals surface area contributed by atoms with Gasteiger partial charge in [-0.1, -0.05) is 0 Å². The van der Waals surface area contributed by atoms with Crippen LogP contribution in [-0.4, -0.2) is 26.3 Å². The van der Waals surface area contributed by atoms with Crippen molar-refractivity contribution in [3.63, 3.8) is 0 Å². The van der Waals surface area contributed by atoms with E-state index < -0.39 is 0 Å². The number of aromatic nitrogens is 4. The Morgan fingerprint density at radius 2 is 2.39 bits per heavy atom. The molecule has 6 heteroatoms. The third-order valence-electron chi connectivity index (χ3n) is 2.51. The second-order valence-electron chi connectivity index (χ2n) is 3.85. The predicted molar refractivity (Wildman–Crippen MR) is 66.8 cm³/mol. The Morgan fingerprint density at radius 3 is 3.11 bits per heavy atom. The largest absolute Gasteiger partial charge is 0.352 e. The molecule has 2 aromatic rings. The van der Waals surface area contributed by atoms with Gasteiger partial charge in [0.05, 0.1) is 24.7 Å². The van der Waals surface area contributed by atoms with Gasteiger partial charge in [0.15, 0.2) is 0 Å². The highest BCUT2D eigenvalue weighted by Gasteiger charge is 2.03. The SMILES string of the molecule is Cc1cnc(NCCn2cccn2)nc1CC#N. The number of rotatable bonds is 5. The zero-order valence-corrected chi connectivity index (χ0v) is 10.2. The maximum Gasteiger partial charge on any atom is 0.222 e. The first-order valence-electron chi connectivity index (χ1n) is 5.70. The molecule has 0 atom stereocenters. The molecule has 0 saturated carbocycles. The molecule has 0 amide bonds. The molecule has 6 nitrogen and oxygen atoms in total. The van der Waals surface area contributed by atoms with E-state index in [0.717, 1.165) is 17.8 Å². The molecule has 2 rings (SSSR count). The van der Waals surface area contributed by atoms with Crippen molar-refractivity contribution in [2.45, 2.75) is 19.9 Å². The molecule has 1 N–H and O–H groups in total. The number of hydrogen-bond donors (Lipinski definition) is 1. The van der Waals surface area contributed by atoms with Crippen molar-refractivity contribution in [3.8, 4) is 6.07 Å². The Morgan fingerprint density at radius 1 is 1.50 bits per heavy atom. The highest BCUT2D eigenvalue weighted by atomic mass is 15.3. The first kappa shape index (κ1) is 12.0. The highest BCUT2D eigenvalue weighted by Crippen LogP contribution is 2.07. The quantitative estimate of drug-likeness (QED) is 0.851. The van der Waals surface area contributed by atoms with E-state index in [1.165, 1.54) is 0 Å². The van der Waals surface area contributed by atoms with Crippen LogP contribution in [0, 0.1) is 18.3 Å². The van der Waals surface area contributed by atoms with E-state index >= 15 is 0 Å². The van der Waals surface area contributed by atoms with E-state index in [1.54, 1.807) is 12.4 Å². The summed E-state index contributed by atoms with van der Waals surface area (Å²) in [4.78, 5) is 8.49. The molecule has 0 bridgehead atoms. The summed E-state index contributed by atoms with van der Waals surface area (Å²) >= 11 is 0. The zero-order chi connectivity index (χ0) is 12.8. The average Bonchev–Trinajstić information content (AvgIpc) is 2.87. The maximum atomic E-state index is 8.69. The smallest absolute Gasteiger partial charge is 0.222 e. The Hall–Kier alpha value is -2.42. The van der Waals surface area contributed by atoms with Gasteiger partial charge >= 0.3 is 0 Å². The van der Waals surface area contributed by atoms with Gasteiger partial charge in [-0.25, -0.2) is 9.97 Å². The summed E-state index contributed by atoms with van der Waals surface area (Å²) in [5.74, 6) is 0.554. The van der Waals surface area contributed by atoms with Gasteiger partial charge in [0, 0.05) is 25.1 Å². The number of aryl methyl sites for hydroxylation is 1. The summed E-state index contributed by atoms with van der Waals surface area (Å²) in [6, 6.07) is 3.98. The summed E-state index contributed by atoms with van der Waals surface area (Å²) in [5.41, 5.74) is 1.71. The third kappa shape index (κ3) is 3.04. The topological polar surface area (TPSA) is 79.4 Å². The monoisotopic (exact) mass is 242 g/mol. The van der Waals surface area contributed by atoms with E-state index in [9.17, 15) is 0 Å². The molecule has 0 spiro atoms. The maximum absolute atomic E-state index is 8.69. The Bertz CT molecular complexity index is 540. The summed E-state index contributed by atoms with van der Waals surface area (Å²) in [6.45, 7) is 3.34. The molecule has 18 heavy (non-hydrogen) atoms. The first-order valence-corrected chi connectivity index (χ1v) is 5.70. The van der Waals surface area contributed by atoms with Crippen LogP contribution in [0.4, 0.5) is 5.95 Å². The van der Waals surface area contributed by atoms with E-state index in [4.69, 9.17) is 5.26 Å². The molecule has 0 radical (unpaired) electrons. The standard InChI is InChI=1S/C12H14N6/c1-10-9-15-12(17-11(10)3-4-13)14-6-8-18-7-2-5-16-18/h2,5,7,9H,3,6,8H2,1H3,(H,14,15,17). The van der Waals surface area contributed by atoms with Crippen LogP contribution in [0.15, 0.2) is 24.7 Å². The van der Waals surface area contributed by atoms with Crippen LogP contribution in [0.1, 0.15) is 11.3 Å². The minimum Gasteiger partial charge on any atom is -0.352 e. The van der Waals surface area contributed by atoms with Crippen LogP contribution >= 0.6 is 0 Å². The molecule has 0 aliphatic rings. The van der Waals surface area contributed by atoms with Crippen molar-refractivity contribution >= 4 is 5.95 Å². The summed E-state index contributed by atoms with van der Waals surface area (Å²) in [6.07, 6.45) is 5.68. The van der Waals surface area contributed by atoms with E-state index in [-0.39, 0.29) is 0 Å². The molecule has 92 valence electrons. The van der Waals surface area contributed by atoms with Gasteiger partial charge in [0.25, 0.3) is 0 Å².